The van der Waals surface area contributed by atoms with Gasteiger partial charge in [0.2, 0.25) is 5.39 Å². The van der Waals surface area contributed by atoms with Gasteiger partial charge in [-0.2, -0.15) is 0 Å². The van der Waals surface area contributed by atoms with Gasteiger partial charge in [0.15, 0.2) is 5.78 Å². The quantitative estimate of drug-likeness (QED) is 0.287. The van der Waals surface area contributed by atoms with Crippen molar-refractivity contribution in [3.8, 4) is 0 Å². The second-order valence-electron chi connectivity index (χ2n) is 3.08. The van der Waals surface area contributed by atoms with Crippen LogP contribution in [0.15, 0.2) is 30.3 Å². The van der Waals surface area contributed by atoms with E-state index in [9.17, 15) is 30.0 Å². The Morgan fingerprint density at radius 1 is 1.05 bits per heavy atom. The van der Waals surface area contributed by atoms with Gasteiger partial charge in [0.05, 0.1) is 0 Å². The van der Waals surface area contributed by atoms with Crippen molar-refractivity contribution in [1.29, 1.82) is 5.39 Å². The van der Waals surface area contributed by atoms with Crippen molar-refractivity contribution in [2.75, 3.05) is 7.05 Å². The number of rotatable bonds is 1. The molecule has 10 heteroatoms. The second kappa shape index (κ2) is 5.97. The van der Waals surface area contributed by atoms with Crippen LogP contribution in [-0.2, 0) is 0 Å². The van der Waals surface area contributed by atoms with Crippen molar-refractivity contribution in [2.24, 2.45) is 0 Å². The zero-order valence-corrected chi connectivity index (χ0v) is 10.8. The molecule has 0 aliphatic rings. The number of ketones is 1. The van der Waals surface area contributed by atoms with Crippen molar-refractivity contribution in [1.82, 2.24) is 0 Å². The van der Waals surface area contributed by atoms with E-state index in [2.05, 4.69) is 4.98 Å². The van der Waals surface area contributed by atoms with Crippen LogP contribution in [0.2, 0.25) is 0 Å². The molecule has 0 radical (unpaired) electrons. The molecule has 0 aliphatic carbocycles. The van der Waals surface area contributed by atoms with Crippen LogP contribution < -0.4 is 0 Å². The molecule has 0 saturated carbocycles. The Balaban J connectivity index is 0. The molecular weight excluding hydrogens is 297 g/mol. The first kappa shape index (κ1) is 19.7. The second-order valence-corrected chi connectivity index (χ2v) is 5.00. The summed E-state index contributed by atoms with van der Waals surface area (Å²) in [5.74, 6) is 0.121. The van der Waals surface area contributed by atoms with E-state index in [1.165, 1.54) is 7.05 Å². The molecule has 0 aromatic heterocycles. The van der Waals surface area contributed by atoms with Gasteiger partial charge in [-0.3, -0.25) is 4.79 Å². The summed E-state index contributed by atoms with van der Waals surface area (Å²) in [6.07, 6.45) is 0. The molecule has 0 bridgehead atoms. The van der Waals surface area contributed by atoms with Crippen molar-refractivity contribution < 1.29 is 30.0 Å². The zero-order chi connectivity index (χ0) is 15.8. The molecule has 1 aromatic rings. The predicted octanol–water partition coefficient (Wildman–Crippen LogP) is 5.74. The van der Waals surface area contributed by atoms with Crippen molar-refractivity contribution in [3.05, 3.63) is 40.9 Å². The minimum absolute atomic E-state index is 0.121. The van der Waals surface area contributed by atoms with Gasteiger partial charge in [-0.05, 0) is 6.92 Å². The van der Waals surface area contributed by atoms with Crippen LogP contribution in [0.5, 0.6) is 0 Å². The van der Waals surface area contributed by atoms with E-state index < -0.39 is 7.81 Å². The summed E-state index contributed by atoms with van der Waals surface area (Å²) in [6, 6.07) is 9.23. The van der Waals surface area contributed by atoms with E-state index in [0.29, 0.717) is 0 Å². The number of hydrogen-bond acceptors (Lipinski definition) is 2. The topological polar surface area (TPSA) is 45.2 Å². The van der Waals surface area contributed by atoms with E-state index in [4.69, 9.17) is 5.39 Å². The SMILES string of the molecule is CC(=O)c1ccccc1.C[N+]#N.F[P-](F)(F)(F)(F)F. The molecule has 0 unspecified atom stereocenters. The number of diazo groups is 1. The fourth-order valence-corrected chi connectivity index (χ4v) is 0.673. The van der Waals surface area contributed by atoms with E-state index in [-0.39, 0.29) is 5.78 Å². The number of Topliss-reactive ketones (excluding diaryl/α,β-unsaturated/α-hetero) is 1. The minimum atomic E-state index is -10.7. The first-order valence-electron chi connectivity index (χ1n) is 4.53. The third-order valence-electron chi connectivity index (χ3n) is 1.18. The average molecular weight is 308 g/mol. The number of carbonyl (C=O) groups excluding carboxylic acids is 1. The van der Waals surface area contributed by atoms with Gasteiger partial charge in [-0.15, -0.1) is 0 Å². The van der Waals surface area contributed by atoms with Crippen molar-refractivity contribution in [2.45, 2.75) is 6.92 Å². The van der Waals surface area contributed by atoms with Crippen LogP contribution >= 0.6 is 7.81 Å². The Morgan fingerprint density at radius 3 is 1.47 bits per heavy atom. The van der Waals surface area contributed by atoms with E-state index >= 15 is 0 Å². The zero-order valence-electron chi connectivity index (χ0n) is 9.90. The Bertz CT molecular complexity index is 439. The van der Waals surface area contributed by atoms with Crippen molar-refractivity contribution >= 4 is 13.6 Å². The monoisotopic (exact) mass is 308 g/mol. The molecule has 110 valence electrons. The molecule has 0 fully saturated rings. The van der Waals surface area contributed by atoms with Gasteiger partial charge < -0.3 is 0 Å². The molecule has 1 aromatic carbocycles. The third kappa shape index (κ3) is 31.4. The Hall–Kier alpha value is -1.68. The Labute approximate surface area is 105 Å². The standard InChI is InChI=1S/C8H8O.CH3N2.F6P/c1-7(9)8-5-3-2-4-6-8;1-3-2;1-7(2,3,4,5)6/h2-6H,1H3;1H3;/q;+1;-1. The molecule has 3 nitrogen and oxygen atoms in total. The van der Waals surface area contributed by atoms with Gasteiger partial charge in [-0.25, -0.2) is 0 Å². The maximum absolute atomic E-state index is 10.7. The number of benzene rings is 1. The maximum atomic E-state index is 10.6. The Morgan fingerprint density at radius 2 is 1.32 bits per heavy atom. The van der Waals surface area contributed by atoms with Crippen LogP contribution in [0.3, 0.4) is 0 Å². The van der Waals surface area contributed by atoms with Crippen LogP contribution in [0, 0.1) is 5.39 Å². The third-order valence-corrected chi connectivity index (χ3v) is 1.18. The van der Waals surface area contributed by atoms with E-state index in [1.54, 1.807) is 6.92 Å². The van der Waals surface area contributed by atoms with Crippen LogP contribution in [0.25, 0.3) is 4.98 Å². The normalized spacial score (nSPS) is 13.2. The first-order valence-corrected chi connectivity index (χ1v) is 6.55. The van der Waals surface area contributed by atoms with E-state index in [0.717, 1.165) is 5.56 Å². The summed E-state index contributed by atoms with van der Waals surface area (Å²) in [6.45, 7) is 1.56. The van der Waals surface area contributed by atoms with Crippen LogP contribution in [-0.4, -0.2) is 12.8 Å². The van der Waals surface area contributed by atoms with Crippen molar-refractivity contribution in [3.63, 3.8) is 0 Å². The number of carbonyl (C=O) groups is 1. The molecule has 0 N–H and O–H groups in total. The van der Waals surface area contributed by atoms with Crippen LogP contribution in [0.1, 0.15) is 17.3 Å². The number of halogens is 6. The summed E-state index contributed by atoms with van der Waals surface area (Å²) in [5.41, 5.74) is 0.775. The van der Waals surface area contributed by atoms with Crippen LogP contribution in [0.4, 0.5) is 25.2 Å². The summed E-state index contributed by atoms with van der Waals surface area (Å²) in [4.78, 5) is 13.1. The van der Waals surface area contributed by atoms with E-state index in [1.807, 2.05) is 30.3 Å². The Kier molecular flexibility index (Phi) is 6.18. The average Bonchev–Trinajstić information content (AvgIpc) is 2.15. The molecule has 19 heavy (non-hydrogen) atoms. The number of hydrogen-bond donors (Lipinski definition) is 0. The molecular formula is C9H11F6N2OP. The molecule has 0 heterocycles. The van der Waals surface area contributed by atoms with Gasteiger partial charge in [-0.1, -0.05) is 30.3 Å². The molecule has 0 atom stereocenters. The predicted molar refractivity (Wildman–Crippen MR) is 61.0 cm³/mol. The molecule has 0 saturated heterocycles. The summed E-state index contributed by atoms with van der Waals surface area (Å²) < 4.78 is 59.2. The number of nitrogens with zero attached hydrogens (tertiary/aromatic N) is 2. The summed E-state index contributed by atoms with van der Waals surface area (Å²) >= 11 is 0. The molecule has 1 rings (SSSR count). The fourth-order valence-electron chi connectivity index (χ4n) is 0.673. The van der Waals surface area contributed by atoms with Gasteiger partial charge in [0, 0.05) is 5.56 Å². The summed E-state index contributed by atoms with van der Waals surface area (Å²) in [5, 5.41) is 7.19. The van der Waals surface area contributed by atoms with Gasteiger partial charge in [0.25, 0.3) is 7.05 Å². The molecule has 0 amide bonds. The van der Waals surface area contributed by atoms with Gasteiger partial charge >= 0.3 is 33.0 Å². The first-order chi connectivity index (χ1) is 8.17. The summed E-state index contributed by atoms with van der Waals surface area (Å²) in [7, 11) is -9.35. The molecule has 0 aliphatic heterocycles. The molecule has 0 spiro atoms. The fraction of sp³-hybridized carbons (Fsp3) is 0.222. The van der Waals surface area contributed by atoms with Gasteiger partial charge in [0.1, 0.15) is 4.98 Å².